The average Bonchev–Trinajstić information content (AvgIpc) is 3.33. The number of furan rings is 1. The monoisotopic (exact) mass is 360 g/mol. The van der Waals surface area contributed by atoms with Crippen LogP contribution in [-0.4, -0.2) is 22.8 Å². The number of benzene rings is 2. The van der Waals surface area contributed by atoms with E-state index in [-0.39, 0.29) is 11.8 Å². The van der Waals surface area contributed by atoms with E-state index < -0.39 is 6.04 Å². The number of rotatable bonds is 6. The lowest BCUT2D eigenvalue weighted by Gasteiger charge is -2.27. The molecule has 0 fully saturated rings. The van der Waals surface area contributed by atoms with Crippen molar-refractivity contribution in [2.75, 3.05) is 0 Å². The third kappa shape index (κ3) is 3.62. The van der Waals surface area contributed by atoms with Crippen molar-refractivity contribution in [3.05, 3.63) is 95.4 Å². The predicted molar refractivity (Wildman–Crippen MR) is 101 cm³/mol. The smallest absolute Gasteiger partial charge is 0.255 e. The summed E-state index contributed by atoms with van der Waals surface area (Å²) in [7, 11) is 0. The molecule has 136 valence electrons. The highest BCUT2D eigenvalue weighted by Gasteiger charge is 2.36. The number of nitrogens with zero attached hydrogens (tertiary/aromatic N) is 1. The molecular weight excluding hydrogens is 340 g/mol. The molecule has 4 rings (SSSR count). The molecule has 0 unspecified atom stereocenters. The van der Waals surface area contributed by atoms with Crippen LogP contribution in [0.1, 0.15) is 27.2 Å². The molecule has 0 radical (unpaired) electrons. The van der Waals surface area contributed by atoms with Crippen molar-refractivity contribution < 1.29 is 14.0 Å². The van der Waals surface area contributed by atoms with Crippen molar-refractivity contribution in [3.63, 3.8) is 0 Å². The third-order valence-corrected chi connectivity index (χ3v) is 4.82. The average molecular weight is 360 g/mol. The van der Waals surface area contributed by atoms with E-state index in [0.29, 0.717) is 30.8 Å². The van der Waals surface area contributed by atoms with E-state index in [1.165, 1.54) is 0 Å². The highest BCUT2D eigenvalue weighted by molar-refractivity contribution is 6.01. The maximum Gasteiger partial charge on any atom is 0.255 e. The molecule has 0 saturated heterocycles. The number of hydrogen-bond donors (Lipinski definition) is 1. The molecule has 2 aromatic carbocycles. The summed E-state index contributed by atoms with van der Waals surface area (Å²) in [4.78, 5) is 27.5. The molecule has 1 aliphatic heterocycles. The number of carbonyl (C=O) groups excluding carboxylic acids is 2. The van der Waals surface area contributed by atoms with Gasteiger partial charge in [-0.3, -0.25) is 9.59 Å². The van der Waals surface area contributed by atoms with E-state index in [1.54, 1.807) is 17.2 Å². The second-order valence-corrected chi connectivity index (χ2v) is 6.59. The molecule has 27 heavy (non-hydrogen) atoms. The lowest BCUT2D eigenvalue weighted by Crippen LogP contribution is -2.48. The minimum atomic E-state index is -0.581. The van der Waals surface area contributed by atoms with Crippen LogP contribution >= 0.6 is 0 Å². The normalized spacial score (nSPS) is 14.1. The van der Waals surface area contributed by atoms with E-state index in [4.69, 9.17) is 4.42 Å². The van der Waals surface area contributed by atoms with Crippen molar-refractivity contribution in [1.82, 2.24) is 10.2 Å². The topological polar surface area (TPSA) is 62.6 Å². The zero-order valence-electron chi connectivity index (χ0n) is 14.8. The fourth-order valence-electron chi connectivity index (χ4n) is 3.42. The highest BCUT2D eigenvalue weighted by atomic mass is 16.3. The molecule has 0 spiro atoms. The van der Waals surface area contributed by atoms with Crippen molar-refractivity contribution in [3.8, 4) is 0 Å². The van der Waals surface area contributed by atoms with Gasteiger partial charge in [-0.2, -0.15) is 0 Å². The van der Waals surface area contributed by atoms with Gasteiger partial charge in [0.05, 0.1) is 12.8 Å². The summed E-state index contributed by atoms with van der Waals surface area (Å²) in [5, 5.41) is 2.90. The van der Waals surface area contributed by atoms with E-state index in [9.17, 15) is 9.59 Å². The fraction of sp³-hybridized carbons (Fsp3) is 0.182. The van der Waals surface area contributed by atoms with E-state index in [2.05, 4.69) is 5.32 Å². The van der Waals surface area contributed by atoms with Crippen molar-refractivity contribution in [2.45, 2.75) is 25.6 Å². The second kappa shape index (κ2) is 7.50. The fourth-order valence-corrected chi connectivity index (χ4v) is 3.42. The van der Waals surface area contributed by atoms with Crippen LogP contribution in [0.15, 0.2) is 77.4 Å². The molecule has 5 nitrogen and oxygen atoms in total. The lowest BCUT2D eigenvalue weighted by molar-refractivity contribution is -0.126. The SMILES string of the molecule is O=C(NCc1ccco1)[C@H](Cc1ccccc1)N1Cc2ccccc2C1=O. The van der Waals surface area contributed by atoms with Gasteiger partial charge in [0.15, 0.2) is 0 Å². The minimum Gasteiger partial charge on any atom is -0.467 e. The largest absolute Gasteiger partial charge is 0.467 e. The van der Waals surface area contributed by atoms with Crippen LogP contribution in [0.5, 0.6) is 0 Å². The Bertz CT molecular complexity index is 935. The molecule has 1 atom stereocenters. The summed E-state index contributed by atoms with van der Waals surface area (Å²) in [6.45, 7) is 0.743. The second-order valence-electron chi connectivity index (χ2n) is 6.59. The van der Waals surface area contributed by atoms with Crippen LogP contribution in [0.4, 0.5) is 0 Å². The van der Waals surface area contributed by atoms with Crippen LogP contribution in [-0.2, 0) is 24.3 Å². The molecule has 1 aromatic heterocycles. The van der Waals surface area contributed by atoms with Gasteiger partial charge in [0.25, 0.3) is 5.91 Å². The molecule has 2 amide bonds. The molecule has 5 heteroatoms. The van der Waals surface area contributed by atoms with Crippen molar-refractivity contribution in [2.24, 2.45) is 0 Å². The van der Waals surface area contributed by atoms with E-state index in [1.807, 2.05) is 60.7 Å². The maximum atomic E-state index is 13.0. The molecule has 0 bridgehead atoms. The van der Waals surface area contributed by atoms with Gasteiger partial charge in [0.2, 0.25) is 5.91 Å². The summed E-state index contributed by atoms with van der Waals surface area (Å²) in [6, 6.07) is 20.3. The quantitative estimate of drug-likeness (QED) is 0.734. The highest BCUT2D eigenvalue weighted by Crippen LogP contribution is 2.26. The van der Waals surface area contributed by atoms with Gasteiger partial charge in [-0.15, -0.1) is 0 Å². The molecule has 0 saturated carbocycles. The summed E-state index contributed by atoms with van der Waals surface area (Å²) >= 11 is 0. The number of nitrogens with one attached hydrogen (secondary N) is 1. The first kappa shape index (κ1) is 17.1. The van der Waals surface area contributed by atoms with Gasteiger partial charge >= 0.3 is 0 Å². The number of amides is 2. The molecular formula is C22H20N2O3. The Morgan fingerprint density at radius 2 is 1.81 bits per heavy atom. The van der Waals surface area contributed by atoms with Crippen LogP contribution < -0.4 is 5.32 Å². The Labute approximate surface area is 157 Å². The summed E-state index contributed by atoms with van der Waals surface area (Å²) < 4.78 is 5.28. The summed E-state index contributed by atoms with van der Waals surface area (Å²) in [6.07, 6.45) is 2.04. The molecule has 1 N–H and O–H groups in total. The van der Waals surface area contributed by atoms with Gasteiger partial charge in [0.1, 0.15) is 11.8 Å². The first-order chi connectivity index (χ1) is 13.2. The number of hydrogen-bond acceptors (Lipinski definition) is 3. The van der Waals surface area contributed by atoms with Crippen molar-refractivity contribution >= 4 is 11.8 Å². The lowest BCUT2D eigenvalue weighted by atomic mass is 10.0. The van der Waals surface area contributed by atoms with E-state index in [0.717, 1.165) is 11.1 Å². The molecule has 2 heterocycles. The number of fused-ring (bicyclic) bond motifs is 1. The minimum absolute atomic E-state index is 0.0975. The Hall–Kier alpha value is -3.34. The predicted octanol–water partition coefficient (Wildman–Crippen LogP) is 3.16. The molecule has 3 aromatic rings. The summed E-state index contributed by atoms with van der Waals surface area (Å²) in [5.74, 6) is 0.397. The first-order valence-corrected chi connectivity index (χ1v) is 8.95. The van der Waals surface area contributed by atoms with Gasteiger partial charge in [-0.05, 0) is 29.3 Å². The third-order valence-electron chi connectivity index (χ3n) is 4.82. The van der Waals surface area contributed by atoms with Crippen LogP contribution in [0, 0.1) is 0 Å². The Morgan fingerprint density at radius 1 is 1.04 bits per heavy atom. The van der Waals surface area contributed by atoms with Crippen LogP contribution in [0.2, 0.25) is 0 Å². The Balaban J connectivity index is 1.56. The van der Waals surface area contributed by atoms with Gasteiger partial charge in [-0.1, -0.05) is 48.5 Å². The van der Waals surface area contributed by atoms with Crippen LogP contribution in [0.3, 0.4) is 0 Å². The zero-order chi connectivity index (χ0) is 18.6. The molecule has 1 aliphatic rings. The molecule has 0 aliphatic carbocycles. The summed E-state index contributed by atoms with van der Waals surface area (Å²) in [5.41, 5.74) is 2.65. The first-order valence-electron chi connectivity index (χ1n) is 8.95. The zero-order valence-corrected chi connectivity index (χ0v) is 14.8. The van der Waals surface area contributed by atoms with Gasteiger partial charge in [-0.25, -0.2) is 0 Å². The maximum absolute atomic E-state index is 13.0. The van der Waals surface area contributed by atoms with E-state index >= 15 is 0 Å². The number of carbonyl (C=O) groups is 2. The Kier molecular flexibility index (Phi) is 4.75. The standard InChI is InChI=1S/C22H20N2O3/c25-21(23-14-18-10-6-12-27-18)20(13-16-7-2-1-3-8-16)24-15-17-9-4-5-11-19(17)22(24)26/h1-12,20H,13-15H2,(H,23,25)/t20-/m0/s1. The van der Waals surface area contributed by atoms with Crippen molar-refractivity contribution in [1.29, 1.82) is 0 Å². The van der Waals surface area contributed by atoms with Gasteiger partial charge in [0, 0.05) is 18.5 Å². The van der Waals surface area contributed by atoms with Gasteiger partial charge < -0.3 is 14.6 Å². The van der Waals surface area contributed by atoms with Crippen LogP contribution in [0.25, 0.3) is 0 Å². The Morgan fingerprint density at radius 3 is 2.56 bits per heavy atom.